The molecule has 0 aromatic heterocycles. The number of carboxylic acid groups (broad SMARTS) is 1. The van der Waals surface area contributed by atoms with Gasteiger partial charge in [0.1, 0.15) is 10.7 Å². The third-order valence-electron chi connectivity index (χ3n) is 2.57. The van der Waals surface area contributed by atoms with Crippen molar-refractivity contribution >= 4 is 23.2 Å². The first kappa shape index (κ1) is 14.4. The number of aliphatic carboxylic acids is 1. The van der Waals surface area contributed by atoms with Crippen molar-refractivity contribution in [1.29, 1.82) is 0 Å². The lowest BCUT2D eigenvalue weighted by Crippen LogP contribution is -2.27. The molecule has 0 aliphatic heterocycles. The number of ether oxygens (including phenoxy) is 1. The number of rotatable bonds is 6. The van der Waals surface area contributed by atoms with Crippen molar-refractivity contribution in [3.8, 4) is 5.75 Å². The number of hydrogen-bond acceptors (Lipinski definition) is 3. The van der Waals surface area contributed by atoms with Crippen LogP contribution in [0, 0.1) is 6.92 Å². The molecule has 4 nitrogen and oxygen atoms in total. The van der Waals surface area contributed by atoms with E-state index in [2.05, 4.69) is 0 Å². The molecule has 0 spiro atoms. The zero-order valence-electron chi connectivity index (χ0n) is 10.5. The van der Waals surface area contributed by atoms with Crippen LogP contribution in [0.1, 0.15) is 30.9 Å². The Kier molecular flexibility index (Phi) is 5.09. The minimum absolute atomic E-state index is 0.266. The molecule has 1 aromatic rings. The maximum atomic E-state index is 11.0. The molecule has 1 aromatic carbocycles. The van der Waals surface area contributed by atoms with Crippen molar-refractivity contribution in [2.75, 3.05) is 0 Å². The summed E-state index contributed by atoms with van der Waals surface area (Å²) in [7, 11) is 0. The van der Waals surface area contributed by atoms with Gasteiger partial charge in [0.05, 0.1) is 0 Å². The topological polar surface area (TPSA) is 72.5 Å². The zero-order chi connectivity index (χ0) is 13.7. The fourth-order valence-electron chi connectivity index (χ4n) is 1.53. The molecule has 0 saturated heterocycles. The third kappa shape index (κ3) is 3.70. The fraction of sp³-hybridized carbons (Fsp3) is 0.385. The Morgan fingerprint density at radius 3 is 2.72 bits per heavy atom. The maximum Gasteiger partial charge on any atom is 0.344 e. The predicted octanol–water partition coefficient (Wildman–Crippen LogP) is 2.26. The van der Waals surface area contributed by atoms with Crippen LogP contribution in [-0.4, -0.2) is 22.2 Å². The van der Waals surface area contributed by atoms with Crippen LogP contribution in [0.15, 0.2) is 18.2 Å². The van der Waals surface area contributed by atoms with E-state index >= 15 is 0 Å². The summed E-state index contributed by atoms with van der Waals surface area (Å²) >= 11 is 4.89. The Labute approximate surface area is 112 Å². The molecule has 0 amide bonds. The van der Waals surface area contributed by atoms with Gasteiger partial charge in [0.15, 0.2) is 6.10 Å². The molecular weight excluding hydrogens is 250 g/mol. The second kappa shape index (κ2) is 6.35. The van der Waals surface area contributed by atoms with Crippen molar-refractivity contribution < 1.29 is 14.6 Å². The quantitative estimate of drug-likeness (QED) is 0.773. The van der Waals surface area contributed by atoms with E-state index in [0.29, 0.717) is 17.7 Å². The molecule has 0 radical (unpaired) electrons. The molecule has 1 unspecified atom stereocenters. The summed E-state index contributed by atoms with van der Waals surface area (Å²) in [4.78, 5) is 11.3. The first-order valence-electron chi connectivity index (χ1n) is 5.75. The molecule has 5 heteroatoms. The lowest BCUT2D eigenvalue weighted by atomic mass is 10.1. The van der Waals surface area contributed by atoms with E-state index in [1.54, 1.807) is 12.1 Å². The van der Waals surface area contributed by atoms with Gasteiger partial charge in [-0.25, -0.2) is 4.79 Å². The largest absolute Gasteiger partial charge is 0.479 e. The number of benzene rings is 1. The first-order valence-corrected chi connectivity index (χ1v) is 6.16. The van der Waals surface area contributed by atoms with E-state index in [9.17, 15) is 4.79 Å². The number of carbonyl (C=O) groups is 1. The van der Waals surface area contributed by atoms with Crippen molar-refractivity contribution in [1.82, 2.24) is 0 Å². The Balaban J connectivity index is 2.97. The Morgan fingerprint density at radius 1 is 1.56 bits per heavy atom. The molecule has 98 valence electrons. The van der Waals surface area contributed by atoms with Gasteiger partial charge in [0, 0.05) is 5.56 Å². The van der Waals surface area contributed by atoms with Crippen LogP contribution in [0.5, 0.6) is 5.75 Å². The van der Waals surface area contributed by atoms with Crippen molar-refractivity contribution in [2.24, 2.45) is 5.73 Å². The van der Waals surface area contributed by atoms with Gasteiger partial charge in [-0.15, -0.1) is 0 Å². The molecular formula is C13H17NO3S. The Morgan fingerprint density at radius 2 is 2.22 bits per heavy atom. The van der Waals surface area contributed by atoms with Crippen LogP contribution in [0.2, 0.25) is 0 Å². The molecule has 1 rings (SSSR count). The summed E-state index contributed by atoms with van der Waals surface area (Å²) < 4.78 is 5.52. The van der Waals surface area contributed by atoms with Gasteiger partial charge in [-0.1, -0.05) is 37.7 Å². The van der Waals surface area contributed by atoms with Crippen molar-refractivity contribution in [3.05, 3.63) is 29.3 Å². The van der Waals surface area contributed by atoms with Gasteiger partial charge in [-0.3, -0.25) is 0 Å². The lowest BCUT2D eigenvalue weighted by molar-refractivity contribution is -0.145. The van der Waals surface area contributed by atoms with Gasteiger partial charge < -0.3 is 15.6 Å². The van der Waals surface area contributed by atoms with E-state index in [1.165, 1.54) is 0 Å². The predicted molar refractivity (Wildman–Crippen MR) is 74.0 cm³/mol. The second-order valence-electron chi connectivity index (χ2n) is 4.08. The minimum atomic E-state index is -0.961. The van der Waals surface area contributed by atoms with Crippen LogP contribution < -0.4 is 10.5 Å². The lowest BCUT2D eigenvalue weighted by Gasteiger charge is -2.16. The van der Waals surface area contributed by atoms with E-state index in [0.717, 1.165) is 12.0 Å². The van der Waals surface area contributed by atoms with Crippen molar-refractivity contribution in [3.63, 3.8) is 0 Å². The normalized spacial score (nSPS) is 11.9. The number of carboxylic acids is 1. The molecule has 0 aliphatic rings. The summed E-state index contributed by atoms with van der Waals surface area (Å²) in [6.45, 7) is 3.77. The molecule has 0 aliphatic carbocycles. The minimum Gasteiger partial charge on any atom is -0.479 e. The number of hydrogen-bond donors (Lipinski definition) is 2. The summed E-state index contributed by atoms with van der Waals surface area (Å²) in [5.74, 6) is -0.446. The highest BCUT2D eigenvalue weighted by Crippen LogP contribution is 2.22. The van der Waals surface area contributed by atoms with Gasteiger partial charge in [0.2, 0.25) is 0 Å². The van der Waals surface area contributed by atoms with Gasteiger partial charge in [-0.05, 0) is 25.0 Å². The first-order chi connectivity index (χ1) is 8.45. The molecule has 0 heterocycles. The highest BCUT2D eigenvalue weighted by atomic mass is 32.1. The Hall–Kier alpha value is -1.62. The van der Waals surface area contributed by atoms with Gasteiger partial charge in [-0.2, -0.15) is 0 Å². The van der Waals surface area contributed by atoms with E-state index in [1.807, 2.05) is 19.9 Å². The standard InChI is InChI=1S/C13H17NO3S/c1-3-4-10(13(15)16)17-11-7-9(12(14)18)6-5-8(11)2/h5-7,10H,3-4H2,1-2H3,(H2,14,18)(H,15,16). The molecule has 0 saturated carbocycles. The highest BCUT2D eigenvalue weighted by Gasteiger charge is 2.19. The number of nitrogens with two attached hydrogens (primary N) is 1. The van der Waals surface area contributed by atoms with E-state index < -0.39 is 12.1 Å². The van der Waals surface area contributed by atoms with Crippen LogP contribution in [0.25, 0.3) is 0 Å². The smallest absolute Gasteiger partial charge is 0.344 e. The van der Waals surface area contributed by atoms with Gasteiger partial charge >= 0.3 is 5.97 Å². The molecule has 3 N–H and O–H groups in total. The highest BCUT2D eigenvalue weighted by molar-refractivity contribution is 7.80. The molecule has 18 heavy (non-hydrogen) atoms. The van der Waals surface area contributed by atoms with Crippen LogP contribution in [0.3, 0.4) is 0 Å². The zero-order valence-corrected chi connectivity index (χ0v) is 11.3. The monoisotopic (exact) mass is 267 g/mol. The van der Waals surface area contributed by atoms with E-state index in [-0.39, 0.29) is 4.99 Å². The average Bonchev–Trinajstić information content (AvgIpc) is 2.30. The summed E-state index contributed by atoms with van der Waals surface area (Å²) in [6, 6.07) is 5.29. The Bertz CT molecular complexity index is 460. The molecule has 0 bridgehead atoms. The SMILES string of the molecule is CCCC(Oc1cc(C(N)=S)ccc1C)C(=O)O. The molecule has 0 fully saturated rings. The number of aryl methyl sites for hydroxylation is 1. The number of thiocarbonyl (C=S) groups is 1. The van der Waals surface area contributed by atoms with Crippen LogP contribution in [-0.2, 0) is 4.79 Å². The van der Waals surface area contributed by atoms with Crippen LogP contribution in [0.4, 0.5) is 0 Å². The molecule has 1 atom stereocenters. The van der Waals surface area contributed by atoms with Crippen molar-refractivity contribution in [2.45, 2.75) is 32.8 Å². The van der Waals surface area contributed by atoms with Gasteiger partial charge in [0.25, 0.3) is 0 Å². The average molecular weight is 267 g/mol. The van der Waals surface area contributed by atoms with E-state index in [4.69, 9.17) is 27.8 Å². The fourth-order valence-corrected chi connectivity index (χ4v) is 1.66. The third-order valence-corrected chi connectivity index (χ3v) is 2.80. The summed E-state index contributed by atoms with van der Waals surface area (Å²) in [5.41, 5.74) is 7.07. The summed E-state index contributed by atoms with van der Waals surface area (Å²) in [6.07, 6.45) is 0.368. The summed E-state index contributed by atoms with van der Waals surface area (Å²) in [5, 5.41) is 9.06. The second-order valence-corrected chi connectivity index (χ2v) is 4.52. The van der Waals surface area contributed by atoms with Crippen LogP contribution >= 0.6 is 12.2 Å². The maximum absolute atomic E-state index is 11.0.